The smallest absolute Gasteiger partial charge is 0.317 e. The van der Waals surface area contributed by atoms with Gasteiger partial charge >= 0.3 is 29.8 Å². The molecule has 0 aliphatic carbocycles. The quantitative estimate of drug-likeness (QED) is 0.0694. The number of nitrogens with zero attached hydrogens (tertiary/aromatic N) is 3. The zero-order valence-corrected chi connectivity index (χ0v) is 25.3. The van der Waals surface area contributed by atoms with E-state index in [1.807, 2.05) is 0 Å². The number of ether oxygens (including phenoxy) is 1. The number of hydrogen-bond donors (Lipinski definition) is 4. The van der Waals surface area contributed by atoms with Gasteiger partial charge in [-0.25, -0.2) is 0 Å². The highest BCUT2D eigenvalue weighted by Gasteiger charge is 2.18. The van der Waals surface area contributed by atoms with Crippen molar-refractivity contribution in [2.75, 3.05) is 65.5 Å². The molecule has 244 valence electrons. The van der Waals surface area contributed by atoms with Crippen LogP contribution in [-0.4, -0.2) is 130 Å². The fourth-order valence-electron chi connectivity index (χ4n) is 4.56. The van der Waals surface area contributed by atoms with Gasteiger partial charge in [0.05, 0.1) is 32.8 Å². The van der Waals surface area contributed by atoms with E-state index < -0.39 is 37.0 Å². The van der Waals surface area contributed by atoms with Crippen molar-refractivity contribution >= 4 is 29.8 Å². The Kier molecular flexibility index (Phi) is 24.2. The van der Waals surface area contributed by atoms with E-state index in [2.05, 4.69) is 6.92 Å². The summed E-state index contributed by atoms with van der Waals surface area (Å²) in [5.41, 5.74) is 0. The number of aliphatic carboxylic acids is 4. The van der Waals surface area contributed by atoms with E-state index in [9.17, 15) is 34.2 Å². The van der Waals surface area contributed by atoms with Crippen LogP contribution in [0.25, 0.3) is 0 Å². The first-order chi connectivity index (χ1) is 20.0. The molecule has 0 spiro atoms. The van der Waals surface area contributed by atoms with Crippen molar-refractivity contribution in [1.82, 2.24) is 14.7 Å². The van der Waals surface area contributed by atoms with Gasteiger partial charge in [-0.2, -0.15) is 0 Å². The lowest BCUT2D eigenvalue weighted by Crippen LogP contribution is -2.45. The molecule has 0 amide bonds. The molecule has 0 heterocycles. The molecular formula is C29H53N3O10. The second-order valence-corrected chi connectivity index (χ2v) is 10.7. The molecule has 0 saturated heterocycles. The van der Waals surface area contributed by atoms with Crippen molar-refractivity contribution in [1.29, 1.82) is 0 Å². The van der Waals surface area contributed by atoms with Crippen molar-refractivity contribution in [3.8, 4) is 0 Å². The maximum absolute atomic E-state index is 12.0. The average molecular weight is 604 g/mol. The molecule has 0 radical (unpaired) electrons. The van der Waals surface area contributed by atoms with Gasteiger partial charge in [0.1, 0.15) is 0 Å². The molecule has 0 atom stereocenters. The number of hydrogen-bond acceptors (Lipinski definition) is 9. The van der Waals surface area contributed by atoms with E-state index in [1.165, 1.54) is 61.2 Å². The molecular weight excluding hydrogens is 550 g/mol. The largest absolute Gasteiger partial charge is 0.480 e. The first-order valence-electron chi connectivity index (χ1n) is 15.2. The Morgan fingerprint density at radius 1 is 0.476 bits per heavy atom. The summed E-state index contributed by atoms with van der Waals surface area (Å²) < 4.78 is 5.29. The fraction of sp³-hybridized carbons (Fsp3) is 0.828. The Bertz CT molecular complexity index is 765. The van der Waals surface area contributed by atoms with Gasteiger partial charge in [0, 0.05) is 39.1 Å². The zero-order chi connectivity index (χ0) is 31.6. The van der Waals surface area contributed by atoms with E-state index in [0.717, 1.165) is 19.3 Å². The molecule has 0 aromatic heterocycles. The van der Waals surface area contributed by atoms with Gasteiger partial charge in [0.2, 0.25) is 0 Å². The van der Waals surface area contributed by atoms with Crippen LogP contribution in [0.2, 0.25) is 0 Å². The van der Waals surface area contributed by atoms with E-state index in [-0.39, 0.29) is 51.8 Å². The van der Waals surface area contributed by atoms with Crippen molar-refractivity contribution in [2.24, 2.45) is 0 Å². The number of unbranched alkanes of at least 4 members (excludes halogenated alkanes) is 10. The van der Waals surface area contributed by atoms with Crippen molar-refractivity contribution < 1.29 is 49.1 Å². The SMILES string of the molecule is CCCCCCCCCCCCCC(=O)OCCCN(CCN(CCN(CC(=O)O)CC(=O)O)CC(=O)O)CC(=O)O. The summed E-state index contributed by atoms with van der Waals surface area (Å²) >= 11 is 0. The van der Waals surface area contributed by atoms with Gasteiger partial charge in [-0.15, -0.1) is 0 Å². The lowest BCUT2D eigenvalue weighted by Gasteiger charge is -2.27. The molecule has 0 aliphatic rings. The van der Waals surface area contributed by atoms with Crippen LogP contribution >= 0.6 is 0 Å². The molecule has 42 heavy (non-hydrogen) atoms. The normalized spacial score (nSPS) is 11.3. The maximum Gasteiger partial charge on any atom is 0.317 e. The lowest BCUT2D eigenvalue weighted by molar-refractivity contribution is -0.145. The van der Waals surface area contributed by atoms with Crippen LogP contribution in [0, 0.1) is 0 Å². The summed E-state index contributed by atoms with van der Waals surface area (Å²) in [6, 6.07) is 0. The third-order valence-electron chi connectivity index (χ3n) is 6.77. The van der Waals surface area contributed by atoms with Crippen molar-refractivity contribution in [2.45, 2.75) is 90.4 Å². The van der Waals surface area contributed by atoms with E-state index in [4.69, 9.17) is 14.9 Å². The Morgan fingerprint density at radius 2 is 0.833 bits per heavy atom. The Morgan fingerprint density at radius 3 is 1.26 bits per heavy atom. The summed E-state index contributed by atoms with van der Waals surface area (Å²) in [6.07, 6.45) is 13.9. The van der Waals surface area contributed by atoms with Gasteiger partial charge in [0.15, 0.2) is 0 Å². The molecule has 0 bridgehead atoms. The zero-order valence-electron chi connectivity index (χ0n) is 25.3. The van der Waals surface area contributed by atoms with Crippen LogP contribution in [0.3, 0.4) is 0 Å². The molecule has 0 aliphatic heterocycles. The van der Waals surface area contributed by atoms with Gasteiger partial charge in [0.25, 0.3) is 0 Å². The molecule has 0 aromatic rings. The highest BCUT2D eigenvalue weighted by atomic mass is 16.5. The average Bonchev–Trinajstić information content (AvgIpc) is 2.89. The van der Waals surface area contributed by atoms with Gasteiger partial charge in [-0.05, 0) is 12.8 Å². The topological polar surface area (TPSA) is 185 Å². The number of carbonyl (C=O) groups excluding carboxylic acids is 1. The summed E-state index contributed by atoms with van der Waals surface area (Å²) in [6.45, 7) is 1.53. The molecule has 0 aromatic carbocycles. The van der Waals surface area contributed by atoms with E-state index in [0.29, 0.717) is 19.4 Å². The lowest BCUT2D eigenvalue weighted by atomic mass is 10.1. The highest BCUT2D eigenvalue weighted by molar-refractivity contribution is 5.72. The minimum atomic E-state index is -1.20. The molecule has 0 rings (SSSR count). The first kappa shape index (κ1) is 39.2. The predicted octanol–water partition coefficient (Wildman–Crippen LogP) is 2.87. The summed E-state index contributed by atoms with van der Waals surface area (Å²) in [5, 5.41) is 36.5. The maximum atomic E-state index is 12.0. The Labute approximate surface area is 249 Å². The molecule has 0 unspecified atom stereocenters. The van der Waals surface area contributed by atoms with Gasteiger partial charge in [-0.1, -0.05) is 71.1 Å². The third-order valence-corrected chi connectivity index (χ3v) is 6.77. The van der Waals surface area contributed by atoms with Gasteiger partial charge < -0.3 is 25.2 Å². The van der Waals surface area contributed by atoms with Crippen LogP contribution < -0.4 is 0 Å². The number of esters is 1. The number of carboxylic acid groups (broad SMARTS) is 4. The summed E-state index contributed by atoms with van der Waals surface area (Å²) in [4.78, 5) is 61.0. The minimum absolute atomic E-state index is 0.0138. The van der Waals surface area contributed by atoms with Crippen LogP contribution in [-0.2, 0) is 28.7 Å². The fourth-order valence-corrected chi connectivity index (χ4v) is 4.56. The molecule has 0 saturated carbocycles. The second kappa shape index (κ2) is 25.9. The Hall–Kier alpha value is -2.77. The van der Waals surface area contributed by atoms with Crippen LogP contribution in [0.1, 0.15) is 90.4 Å². The predicted molar refractivity (Wildman–Crippen MR) is 157 cm³/mol. The highest BCUT2D eigenvalue weighted by Crippen LogP contribution is 2.12. The Balaban J connectivity index is 4.36. The van der Waals surface area contributed by atoms with E-state index >= 15 is 0 Å². The minimum Gasteiger partial charge on any atom is -0.480 e. The van der Waals surface area contributed by atoms with Crippen LogP contribution in [0.5, 0.6) is 0 Å². The van der Waals surface area contributed by atoms with Crippen LogP contribution in [0.4, 0.5) is 0 Å². The van der Waals surface area contributed by atoms with Crippen LogP contribution in [0.15, 0.2) is 0 Å². The third kappa shape index (κ3) is 26.1. The second-order valence-electron chi connectivity index (χ2n) is 10.7. The number of rotatable bonds is 30. The van der Waals surface area contributed by atoms with Gasteiger partial charge in [-0.3, -0.25) is 38.7 Å². The summed E-state index contributed by atoms with van der Waals surface area (Å²) in [7, 11) is 0. The van der Waals surface area contributed by atoms with E-state index in [1.54, 1.807) is 4.90 Å². The summed E-state index contributed by atoms with van der Waals surface area (Å²) in [5.74, 6) is -4.84. The van der Waals surface area contributed by atoms with Crippen molar-refractivity contribution in [3.63, 3.8) is 0 Å². The molecule has 13 heteroatoms. The standard InChI is InChI=1S/C29H53N3O10/c1-2-3-4-5-6-7-8-9-10-11-12-14-29(41)42-20-13-15-30(21-25(33)34)16-17-31(22-26(35)36)18-19-32(23-27(37)38)24-28(39)40/h2-24H2,1H3,(H,33,34)(H,35,36)(H,37,38)(H,39,40). The van der Waals surface area contributed by atoms with Crippen molar-refractivity contribution in [3.05, 3.63) is 0 Å². The molecule has 13 nitrogen and oxygen atoms in total. The molecule has 0 fully saturated rings. The monoisotopic (exact) mass is 603 g/mol. The number of carboxylic acids is 4. The molecule has 4 N–H and O–H groups in total. The number of carbonyl (C=O) groups is 5. The first-order valence-corrected chi connectivity index (χ1v) is 15.2.